The maximum atomic E-state index is 10.9. The Kier molecular flexibility index (Phi) is 3.81. The summed E-state index contributed by atoms with van der Waals surface area (Å²) in [6.45, 7) is 0. The molecule has 0 bridgehead atoms. The molecule has 1 heterocycles. The number of thiazole rings is 1. The minimum Gasteiger partial charge on any atom is -0.481 e. The van der Waals surface area contributed by atoms with Gasteiger partial charge in [0.1, 0.15) is 10.8 Å². The molecule has 0 aliphatic rings. The topological polar surface area (TPSA) is 84.3 Å². The molecule has 1 rings (SSSR count). The molecule has 0 saturated carbocycles. The van der Waals surface area contributed by atoms with Crippen molar-refractivity contribution in [2.45, 2.75) is 18.6 Å². The van der Waals surface area contributed by atoms with E-state index in [1.54, 1.807) is 0 Å². The molecule has 0 aromatic carbocycles. The molecular weight excluding hydrogens is 238 g/mol. The molecule has 0 atom stereocenters. The average Bonchev–Trinajstić information content (AvgIpc) is 2.45. The number of hydrogen-bond donors (Lipinski definition) is 1. The van der Waals surface area contributed by atoms with Crippen LogP contribution in [0.15, 0.2) is 6.20 Å². The van der Waals surface area contributed by atoms with Gasteiger partial charge in [-0.1, -0.05) is 0 Å². The third-order valence-corrected chi connectivity index (χ3v) is 3.61. The van der Waals surface area contributed by atoms with E-state index in [-0.39, 0.29) is 12.2 Å². The molecule has 15 heavy (non-hydrogen) atoms. The van der Waals surface area contributed by atoms with E-state index >= 15 is 0 Å². The molecule has 0 spiro atoms. The minimum absolute atomic E-state index is 0.0422. The van der Waals surface area contributed by atoms with Crippen molar-refractivity contribution in [1.82, 2.24) is 4.98 Å². The van der Waals surface area contributed by atoms with Gasteiger partial charge in [0.05, 0.1) is 6.42 Å². The number of carboxylic acid groups (broad SMARTS) is 1. The number of aromatic nitrogens is 1. The Morgan fingerprint density at radius 3 is 2.80 bits per heavy atom. The Morgan fingerprint density at radius 2 is 2.27 bits per heavy atom. The molecule has 5 nitrogen and oxygen atoms in total. The van der Waals surface area contributed by atoms with Crippen LogP contribution in [0, 0.1) is 0 Å². The monoisotopic (exact) mass is 249 g/mol. The highest BCUT2D eigenvalue weighted by Gasteiger charge is 2.09. The lowest BCUT2D eigenvalue weighted by atomic mass is 10.3. The summed E-state index contributed by atoms with van der Waals surface area (Å²) in [4.78, 5) is 15.0. The first kappa shape index (κ1) is 12.1. The van der Waals surface area contributed by atoms with E-state index < -0.39 is 15.8 Å². The molecule has 1 aromatic heterocycles. The minimum atomic E-state index is -3.06. The fraction of sp³-hybridized carbons (Fsp3) is 0.500. The van der Waals surface area contributed by atoms with Crippen molar-refractivity contribution in [3.63, 3.8) is 0 Å². The molecule has 0 aliphatic carbocycles. The highest BCUT2D eigenvalue weighted by atomic mass is 32.2. The predicted octanol–water partition coefficient (Wildman–Crippen LogP) is 0.705. The van der Waals surface area contributed by atoms with Crippen LogP contribution in [0.25, 0.3) is 0 Å². The number of carboxylic acids is 1. The molecule has 0 radical (unpaired) electrons. The second kappa shape index (κ2) is 4.71. The summed E-state index contributed by atoms with van der Waals surface area (Å²) in [7, 11) is -3.06. The van der Waals surface area contributed by atoms with E-state index in [1.807, 2.05) is 0 Å². The third kappa shape index (κ3) is 4.89. The molecule has 84 valence electrons. The fourth-order valence-electron chi connectivity index (χ4n) is 0.985. The van der Waals surface area contributed by atoms with Crippen molar-refractivity contribution in [1.29, 1.82) is 0 Å². The first-order valence-electron chi connectivity index (χ1n) is 4.20. The van der Waals surface area contributed by atoms with E-state index in [0.717, 1.165) is 11.1 Å². The zero-order valence-electron chi connectivity index (χ0n) is 8.13. The molecule has 0 saturated heterocycles. The van der Waals surface area contributed by atoms with E-state index in [0.29, 0.717) is 11.4 Å². The lowest BCUT2D eigenvalue weighted by Gasteiger charge is -1.92. The van der Waals surface area contributed by atoms with Crippen LogP contribution in [-0.4, -0.2) is 30.7 Å². The molecule has 7 heteroatoms. The number of carbonyl (C=O) groups is 1. The van der Waals surface area contributed by atoms with Crippen molar-refractivity contribution in [3.05, 3.63) is 16.1 Å². The summed E-state index contributed by atoms with van der Waals surface area (Å²) in [6.07, 6.45) is 3.12. The van der Waals surface area contributed by atoms with E-state index in [4.69, 9.17) is 5.11 Å². The standard InChI is InChI=1S/C8H11NO4S2/c1-15(12,13)5-7-9-4-6(14-7)2-3-8(10)11/h4H,2-3,5H2,1H3,(H,10,11). The van der Waals surface area contributed by atoms with Crippen molar-refractivity contribution < 1.29 is 18.3 Å². The Morgan fingerprint density at radius 1 is 1.60 bits per heavy atom. The second-order valence-electron chi connectivity index (χ2n) is 3.18. The molecular formula is C8H11NO4S2. The first-order valence-corrected chi connectivity index (χ1v) is 7.07. The first-order chi connectivity index (χ1) is 6.87. The summed E-state index contributed by atoms with van der Waals surface area (Å²) in [5.74, 6) is -0.946. The van der Waals surface area contributed by atoms with Crippen molar-refractivity contribution in [3.8, 4) is 0 Å². The number of sulfone groups is 1. The van der Waals surface area contributed by atoms with Crippen LogP contribution in [-0.2, 0) is 26.8 Å². The van der Waals surface area contributed by atoms with Crippen molar-refractivity contribution >= 4 is 27.1 Å². The Labute approximate surface area is 91.7 Å². The van der Waals surface area contributed by atoms with Crippen molar-refractivity contribution in [2.24, 2.45) is 0 Å². The van der Waals surface area contributed by atoms with Gasteiger partial charge in [0.15, 0.2) is 9.84 Å². The lowest BCUT2D eigenvalue weighted by molar-refractivity contribution is -0.136. The van der Waals surface area contributed by atoms with Gasteiger partial charge in [0.25, 0.3) is 0 Å². The van der Waals surface area contributed by atoms with Gasteiger partial charge < -0.3 is 5.11 Å². The van der Waals surface area contributed by atoms with E-state index in [1.165, 1.54) is 17.5 Å². The SMILES string of the molecule is CS(=O)(=O)Cc1ncc(CCC(=O)O)s1. The zero-order chi connectivity index (χ0) is 11.5. The largest absolute Gasteiger partial charge is 0.481 e. The van der Waals surface area contributed by atoms with E-state index in [9.17, 15) is 13.2 Å². The smallest absolute Gasteiger partial charge is 0.303 e. The zero-order valence-corrected chi connectivity index (χ0v) is 9.77. The molecule has 0 unspecified atom stereocenters. The van der Waals surface area contributed by atoms with Crippen LogP contribution in [0.3, 0.4) is 0 Å². The average molecular weight is 249 g/mol. The molecule has 0 aliphatic heterocycles. The van der Waals surface area contributed by atoms with Gasteiger partial charge in [-0.2, -0.15) is 0 Å². The summed E-state index contributed by atoms with van der Waals surface area (Å²) in [5, 5.41) is 8.97. The lowest BCUT2D eigenvalue weighted by Crippen LogP contribution is -1.99. The summed E-state index contributed by atoms with van der Waals surface area (Å²) in [5.41, 5.74) is 0. The highest BCUT2D eigenvalue weighted by Crippen LogP contribution is 2.16. The number of aryl methyl sites for hydroxylation is 1. The van der Waals surface area contributed by atoms with Crippen LogP contribution in [0.1, 0.15) is 16.3 Å². The number of rotatable bonds is 5. The van der Waals surface area contributed by atoms with Gasteiger partial charge in [-0.05, 0) is 6.42 Å². The van der Waals surface area contributed by atoms with Gasteiger partial charge >= 0.3 is 5.97 Å². The summed E-state index contributed by atoms with van der Waals surface area (Å²) in [6, 6.07) is 0. The number of aliphatic carboxylic acids is 1. The maximum absolute atomic E-state index is 10.9. The predicted molar refractivity (Wildman–Crippen MR) is 56.6 cm³/mol. The highest BCUT2D eigenvalue weighted by molar-refractivity contribution is 7.90. The molecule has 0 fully saturated rings. The van der Waals surface area contributed by atoms with Gasteiger partial charge in [-0.3, -0.25) is 4.79 Å². The fourth-order valence-corrected chi connectivity index (χ4v) is 3.10. The van der Waals surface area contributed by atoms with Gasteiger partial charge in [-0.25, -0.2) is 13.4 Å². The Hall–Kier alpha value is -0.950. The van der Waals surface area contributed by atoms with E-state index in [2.05, 4.69) is 4.98 Å². The number of nitrogens with zero attached hydrogens (tertiary/aromatic N) is 1. The Bertz CT molecular complexity index is 449. The van der Waals surface area contributed by atoms with Crippen LogP contribution in [0.4, 0.5) is 0 Å². The summed E-state index contributed by atoms with van der Waals surface area (Å²) >= 11 is 1.25. The molecule has 0 amide bonds. The van der Waals surface area contributed by atoms with Gasteiger partial charge in [-0.15, -0.1) is 11.3 Å². The van der Waals surface area contributed by atoms with Crippen molar-refractivity contribution in [2.75, 3.05) is 6.26 Å². The van der Waals surface area contributed by atoms with Crippen LogP contribution in [0.2, 0.25) is 0 Å². The quantitative estimate of drug-likeness (QED) is 0.830. The third-order valence-electron chi connectivity index (χ3n) is 1.57. The molecule has 1 N–H and O–H groups in total. The van der Waals surface area contributed by atoms with Crippen LogP contribution in [0.5, 0.6) is 0 Å². The van der Waals surface area contributed by atoms with Gasteiger partial charge in [0.2, 0.25) is 0 Å². The second-order valence-corrected chi connectivity index (χ2v) is 6.52. The van der Waals surface area contributed by atoms with Crippen LogP contribution < -0.4 is 0 Å². The number of hydrogen-bond acceptors (Lipinski definition) is 5. The normalized spacial score (nSPS) is 11.5. The molecule has 1 aromatic rings. The van der Waals surface area contributed by atoms with Crippen LogP contribution >= 0.6 is 11.3 Å². The Balaban J connectivity index is 2.60. The summed E-state index contributed by atoms with van der Waals surface area (Å²) < 4.78 is 21.9. The maximum Gasteiger partial charge on any atom is 0.303 e. The van der Waals surface area contributed by atoms with Gasteiger partial charge in [0, 0.05) is 17.3 Å².